The molecule has 0 saturated carbocycles. The minimum atomic E-state index is -0.820. The van der Waals surface area contributed by atoms with Gasteiger partial charge in [0.05, 0.1) is 18.8 Å². The van der Waals surface area contributed by atoms with E-state index >= 15 is 0 Å². The topological polar surface area (TPSA) is 47.6 Å². The van der Waals surface area contributed by atoms with E-state index in [1.165, 1.54) is 6.07 Å². The number of benzene rings is 2. The lowest BCUT2D eigenvalue weighted by Crippen LogP contribution is -2.17. The fourth-order valence-electron chi connectivity index (χ4n) is 3.02. The first kappa shape index (κ1) is 14.0. The Morgan fingerprint density at radius 2 is 1.83 bits per heavy atom. The van der Waals surface area contributed by atoms with E-state index in [4.69, 9.17) is 9.47 Å². The predicted octanol–water partition coefficient (Wildman–Crippen LogP) is 3.09. The molecule has 2 aromatic rings. The highest BCUT2D eigenvalue weighted by Gasteiger charge is 2.30. The third kappa shape index (κ3) is 2.21. The van der Waals surface area contributed by atoms with Crippen LogP contribution in [0.3, 0.4) is 0 Å². The Hall–Kier alpha value is -2.63. The van der Waals surface area contributed by atoms with Crippen LogP contribution in [0.4, 0.5) is 14.5 Å². The molecule has 0 fully saturated rings. The molecule has 0 radical (unpaired) electrons. The van der Waals surface area contributed by atoms with Gasteiger partial charge in [-0.25, -0.2) is 8.78 Å². The SMILES string of the molecule is O=C(Nc1c(F)cccc1F)c1c2c(cc3c1OCC3)OCC2. The highest BCUT2D eigenvalue weighted by Crippen LogP contribution is 2.41. The molecular formula is C17H13F2NO3. The molecule has 0 bridgehead atoms. The highest BCUT2D eigenvalue weighted by atomic mass is 19.1. The summed E-state index contributed by atoms with van der Waals surface area (Å²) in [6, 6.07) is 5.32. The third-order valence-electron chi connectivity index (χ3n) is 4.08. The van der Waals surface area contributed by atoms with Crippen LogP contribution in [0.2, 0.25) is 0 Å². The molecule has 0 atom stereocenters. The van der Waals surface area contributed by atoms with Crippen molar-refractivity contribution in [1.82, 2.24) is 0 Å². The van der Waals surface area contributed by atoms with E-state index < -0.39 is 23.2 Å². The summed E-state index contributed by atoms with van der Waals surface area (Å²) >= 11 is 0. The lowest BCUT2D eigenvalue weighted by Gasteiger charge is -2.13. The monoisotopic (exact) mass is 317 g/mol. The van der Waals surface area contributed by atoms with Gasteiger partial charge in [0.1, 0.15) is 28.8 Å². The second kappa shape index (κ2) is 5.22. The van der Waals surface area contributed by atoms with E-state index in [0.29, 0.717) is 43.1 Å². The first-order valence-corrected chi connectivity index (χ1v) is 7.35. The van der Waals surface area contributed by atoms with Gasteiger partial charge in [0.2, 0.25) is 0 Å². The first-order chi connectivity index (χ1) is 11.1. The molecule has 23 heavy (non-hydrogen) atoms. The van der Waals surface area contributed by atoms with Gasteiger partial charge in [-0.15, -0.1) is 0 Å². The Bertz CT molecular complexity index is 767. The number of hydrogen-bond donors (Lipinski definition) is 1. The van der Waals surface area contributed by atoms with Crippen molar-refractivity contribution in [2.75, 3.05) is 18.5 Å². The Morgan fingerprint density at radius 3 is 2.61 bits per heavy atom. The zero-order valence-electron chi connectivity index (χ0n) is 12.1. The van der Waals surface area contributed by atoms with E-state index in [9.17, 15) is 13.6 Å². The summed E-state index contributed by atoms with van der Waals surface area (Å²) in [7, 11) is 0. The molecule has 0 aromatic heterocycles. The molecule has 2 aliphatic rings. The molecule has 4 nitrogen and oxygen atoms in total. The number of ether oxygens (including phenoxy) is 2. The summed E-state index contributed by atoms with van der Waals surface area (Å²) in [6.45, 7) is 0.957. The predicted molar refractivity (Wildman–Crippen MR) is 79.2 cm³/mol. The zero-order valence-corrected chi connectivity index (χ0v) is 12.1. The summed E-state index contributed by atoms with van der Waals surface area (Å²) in [6.07, 6.45) is 1.24. The fourth-order valence-corrected chi connectivity index (χ4v) is 3.02. The number of rotatable bonds is 2. The quantitative estimate of drug-likeness (QED) is 0.926. The van der Waals surface area contributed by atoms with Crippen molar-refractivity contribution in [3.8, 4) is 11.5 Å². The third-order valence-corrected chi connectivity index (χ3v) is 4.08. The Morgan fingerprint density at radius 1 is 1.09 bits per heavy atom. The molecule has 6 heteroatoms. The second-order valence-corrected chi connectivity index (χ2v) is 5.46. The van der Waals surface area contributed by atoms with Crippen molar-refractivity contribution in [3.63, 3.8) is 0 Å². The smallest absolute Gasteiger partial charge is 0.260 e. The number of anilines is 1. The maximum atomic E-state index is 13.8. The van der Waals surface area contributed by atoms with Crippen LogP contribution < -0.4 is 14.8 Å². The number of halogens is 2. The summed E-state index contributed by atoms with van der Waals surface area (Å²) in [4.78, 5) is 12.7. The number of carbonyl (C=O) groups excluding carboxylic acids is 1. The van der Waals surface area contributed by atoms with E-state index in [1.807, 2.05) is 6.07 Å². The average molecular weight is 317 g/mol. The molecule has 4 rings (SSSR count). The number of amides is 1. The number of fused-ring (bicyclic) bond motifs is 2. The summed E-state index contributed by atoms with van der Waals surface area (Å²) < 4.78 is 38.6. The van der Waals surface area contributed by atoms with Gasteiger partial charge in [0, 0.05) is 24.0 Å². The van der Waals surface area contributed by atoms with Crippen LogP contribution in [-0.2, 0) is 12.8 Å². The molecule has 0 aliphatic carbocycles. The maximum absolute atomic E-state index is 13.8. The number of hydrogen-bond acceptors (Lipinski definition) is 3. The van der Waals surface area contributed by atoms with Gasteiger partial charge in [0.25, 0.3) is 5.91 Å². The van der Waals surface area contributed by atoms with Crippen LogP contribution in [0.5, 0.6) is 11.5 Å². The van der Waals surface area contributed by atoms with Crippen molar-refractivity contribution in [1.29, 1.82) is 0 Å². The molecule has 0 unspecified atom stereocenters. The first-order valence-electron chi connectivity index (χ1n) is 7.35. The van der Waals surface area contributed by atoms with Gasteiger partial charge in [-0.2, -0.15) is 0 Å². The molecule has 1 amide bonds. The van der Waals surface area contributed by atoms with Crippen LogP contribution in [-0.4, -0.2) is 19.1 Å². The molecule has 2 aromatic carbocycles. The molecule has 1 N–H and O–H groups in total. The Labute approximate surface area is 131 Å². The number of carbonyl (C=O) groups is 1. The van der Waals surface area contributed by atoms with Crippen molar-refractivity contribution in [3.05, 3.63) is 52.6 Å². The van der Waals surface area contributed by atoms with E-state index in [2.05, 4.69) is 5.32 Å². The summed E-state index contributed by atoms with van der Waals surface area (Å²) in [5, 5.41) is 2.33. The van der Waals surface area contributed by atoms with Crippen LogP contribution in [0, 0.1) is 11.6 Å². The van der Waals surface area contributed by atoms with Crippen LogP contribution in [0.25, 0.3) is 0 Å². The van der Waals surface area contributed by atoms with Gasteiger partial charge in [-0.1, -0.05) is 6.07 Å². The van der Waals surface area contributed by atoms with Crippen LogP contribution >= 0.6 is 0 Å². The zero-order chi connectivity index (χ0) is 16.0. The lowest BCUT2D eigenvalue weighted by molar-refractivity contribution is 0.102. The summed E-state index contributed by atoms with van der Waals surface area (Å²) in [5.74, 6) is -1.09. The summed E-state index contributed by atoms with van der Waals surface area (Å²) in [5.41, 5.74) is 1.46. The second-order valence-electron chi connectivity index (χ2n) is 5.46. The molecule has 2 aliphatic heterocycles. The maximum Gasteiger partial charge on any atom is 0.260 e. The van der Waals surface area contributed by atoms with Gasteiger partial charge in [-0.05, 0) is 18.2 Å². The Balaban J connectivity index is 1.78. The standard InChI is InChI=1S/C17H13F2NO3/c18-11-2-1-3-12(19)15(11)20-17(21)14-10-5-7-22-13(10)8-9-4-6-23-16(9)14/h1-3,8H,4-7H2,(H,20,21). The van der Waals surface area contributed by atoms with Crippen LogP contribution in [0.15, 0.2) is 24.3 Å². The normalized spacial score (nSPS) is 14.7. The van der Waals surface area contributed by atoms with Crippen LogP contribution in [0.1, 0.15) is 21.5 Å². The van der Waals surface area contributed by atoms with Crippen molar-refractivity contribution >= 4 is 11.6 Å². The Kier molecular flexibility index (Phi) is 3.18. The molecule has 0 saturated heterocycles. The largest absolute Gasteiger partial charge is 0.493 e. The molecular weight excluding hydrogens is 304 g/mol. The minimum Gasteiger partial charge on any atom is -0.493 e. The van der Waals surface area contributed by atoms with Gasteiger partial charge in [-0.3, -0.25) is 4.79 Å². The van der Waals surface area contributed by atoms with Gasteiger partial charge < -0.3 is 14.8 Å². The molecule has 2 heterocycles. The van der Waals surface area contributed by atoms with E-state index in [-0.39, 0.29) is 0 Å². The highest BCUT2D eigenvalue weighted by molar-refractivity contribution is 6.08. The van der Waals surface area contributed by atoms with Gasteiger partial charge >= 0.3 is 0 Å². The number of para-hydroxylation sites is 1. The van der Waals surface area contributed by atoms with Crippen molar-refractivity contribution < 1.29 is 23.0 Å². The van der Waals surface area contributed by atoms with Crippen molar-refractivity contribution in [2.45, 2.75) is 12.8 Å². The van der Waals surface area contributed by atoms with Gasteiger partial charge in [0.15, 0.2) is 0 Å². The number of nitrogens with one attached hydrogen (secondary N) is 1. The molecule has 0 spiro atoms. The fraction of sp³-hybridized carbons (Fsp3) is 0.235. The molecule has 118 valence electrons. The van der Waals surface area contributed by atoms with E-state index in [1.54, 1.807) is 0 Å². The average Bonchev–Trinajstić information content (AvgIpc) is 3.16. The van der Waals surface area contributed by atoms with E-state index in [0.717, 1.165) is 23.3 Å². The lowest BCUT2D eigenvalue weighted by atomic mass is 9.99. The van der Waals surface area contributed by atoms with Crippen molar-refractivity contribution in [2.24, 2.45) is 0 Å². The minimum absolute atomic E-state index is 0.315.